The highest BCUT2D eigenvalue weighted by Crippen LogP contribution is 2.33. The largest absolute Gasteiger partial charge is 0.394 e. The minimum absolute atomic E-state index is 0.000417. The van der Waals surface area contributed by atoms with Crippen LogP contribution >= 0.6 is 0 Å². The number of amides is 1. The molecule has 0 heterocycles. The smallest absolute Gasteiger partial charge is 0.217 e. The number of aliphatic hydroxyl groups is 1. The number of aliphatic hydroxyl groups excluding tert-OH is 1. The molecule has 4 nitrogen and oxygen atoms in total. The molecule has 0 aromatic heterocycles. The van der Waals surface area contributed by atoms with Gasteiger partial charge in [0.05, 0.1) is 12.1 Å². The van der Waals surface area contributed by atoms with Gasteiger partial charge in [-0.25, -0.2) is 0 Å². The normalized spacial score (nSPS) is 17.3. The first kappa shape index (κ1) is 28.3. The Morgan fingerprint density at radius 2 is 1.63 bits per heavy atom. The van der Waals surface area contributed by atoms with E-state index in [1.165, 1.54) is 51.9 Å². The first-order valence-electron chi connectivity index (χ1n) is 11.2. The molecule has 27 heavy (non-hydrogen) atoms. The lowest BCUT2D eigenvalue weighted by Gasteiger charge is -2.28. The van der Waals surface area contributed by atoms with E-state index >= 15 is 0 Å². The lowest BCUT2D eigenvalue weighted by molar-refractivity contribution is -0.123. The van der Waals surface area contributed by atoms with Gasteiger partial charge in [-0.05, 0) is 45.4 Å². The van der Waals surface area contributed by atoms with Gasteiger partial charge < -0.3 is 10.4 Å². The van der Waals surface area contributed by atoms with E-state index in [4.69, 9.17) is 5.11 Å². The summed E-state index contributed by atoms with van der Waals surface area (Å²) in [5.74, 6) is 1.45. The summed E-state index contributed by atoms with van der Waals surface area (Å²) >= 11 is 0. The summed E-state index contributed by atoms with van der Waals surface area (Å²) in [7, 11) is 0. The molecule has 0 bridgehead atoms. The average molecular weight is 386 g/mol. The number of carbonyl (C=O) groups excluding carboxylic acids is 2. The zero-order valence-electron chi connectivity index (χ0n) is 19.2. The maximum Gasteiger partial charge on any atom is 0.217 e. The molecule has 2 atom stereocenters. The molecule has 1 aliphatic carbocycles. The molecule has 4 heteroatoms. The molecule has 0 spiro atoms. The van der Waals surface area contributed by atoms with Gasteiger partial charge in [-0.3, -0.25) is 9.59 Å². The van der Waals surface area contributed by atoms with Crippen LogP contribution in [0, 0.1) is 11.8 Å². The maximum atomic E-state index is 11.5. The molecule has 0 aromatic carbocycles. The van der Waals surface area contributed by atoms with Gasteiger partial charge in [-0.1, -0.05) is 66.2 Å². The number of carbonyl (C=O) groups is 2. The van der Waals surface area contributed by atoms with Gasteiger partial charge in [0.2, 0.25) is 5.91 Å². The highest BCUT2D eigenvalue weighted by atomic mass is 16.3. The summed E-state index contributed by atoms with van der Waals surface area (Å²) in [6.07, 6.45) is 12.0. The third kappa shape index (κ3) is 13.8. The van der Waals surface area contributed by atoms with Crippen LogP contribution in [-0.2, 0) is 9.59 Å². The van der Waals surface area contributed by atoms with Crippen LogP contribution in [0.25, 0.3) is 0 Å². The van der Waals surface area contributed by atoms with Gasteiger partial charge in [0.15, 0.2) is 0 Å². The molecule has 1 rings (SSSR count). The van der Waals surface area contributed by atoms with Crippen molar-refractivity contribution in [2.45, 2.75) is 118 Å². The highest BCUT2D eigenvalue weighted by Gasteiger charge is 2.26. The zero-order valence-corrected chi connectivity index (χ0v) is 19.2. The molecule has 0 saturated heterocycles. The predicted molar refractivity (Wildman–Crippen MR) is 116 cm³/mol. The highest BCUT2D eigenvalue weighted by molar-refractivity contribution is 5.78. The van der Waals surface area contributed by atoms with Gasteiger partial charge in [0, 0.05) is 12.8 Å². The van der Waals surface area contributed by atoms with Crippen LogP contribution in [0.4, 0.5) is 0 Å². The third-order valence-electron chi connectivity index (χ3n) is 5.24. The quantitative estimate of drug-likeness (QED) is 0.538. The van der Waals surface area contributed by atoms with Crippen LogP contribution in [0.1, 0.15) is 113 Å². The SMILES string of the molecule is CC.CCCC(C)(CO)NC(C)=O.CCCCC(C(C)=O)C1CCCCC1. The predicted octanol–water partition coefficient (Wildman–Crippen LogP) is 5.66. The fraction of sp³-hybridized carbons (Fsp3) is 0.913. The van der Waals surface area contributed by atoms with E-state index in [1.807, 2.05) is 27.7 Å². The Labute approximate surface area is 168 Å². The topological polar surface area (TPSA) is 66.4 Å². The number of hydrogen-bond acceptors (Lipinski definition) is 3. The lowest BCUT2D eigenvalue weighted by atomic mass is 9.76. The summed E-state index contributed by atoms with van der Waals surface area (Å²) in [5.41, 5.74) is -0.430. The van der Waals surface area contributed by atoms with Crippen LogP contribution in [0.2, 0.25) is 0 Å². The Morgan fingerprint density at radius 3 is 2.00 bits per heavy atom. The molecule has 0 aromatic rings. The molecule has 162 valence electrons. The van der Waals surface area contributed by atoms with Crippen molar-refractivity contribution in [3.8, 4) is 0 Å². The number of Topliss-reactive ketones (excluding diaryl/α,β-unsaturated/α-hetero) is 1. The van der Waals surface area contributed by atoms with Crippen molar-refractivity contribution in [2.24, 2.45) is 11.8 Å². The van der Waals surface area contributed by atoms with Crippen LogP contribution in [-0.4, -0.2) is 28.9 Å². The second-order valence-corrected chi connectivity index (χ2v) is 7.91. The molecule has 0 radical (unpaired) electrons. The summed E-state index contributed by atoms with van der Waals surface area (Å²) in [5, 5.41) is 11.7. The summed E-state index contributed by atoms with van der Waals surface area (Å²) in [6, 6.07) is 0. The summed E-state index contributed by atoms with van der Waals surface area (Å²) in [4.78, 5) is 22.2. The Balaban J connectivity index is 0. The monoisotopic (exact) mass is 385 g/mol. The van der Waals surface area contributed by atoms with Gasteiger partial charge in [0.1, 0.15) is 5.78 Å². The molecule has 2 unspecified atom stereocenters. The minimum atomic E-state index is -0.430. The van der Waals surface area contributed by atoms with Crippen molar-refractivity contribution in [3.05, 3.63) is 0 Å². The van der Waals surface area contributed by atoms with Crippen LogP contribution in [0.15, 0.2) is 0 Å². The molecule has 1 amide bonds. The Morgan fingerprint density at radius 1 is 1.07 bits per heavy atom. The molecule has 0 aliphatic heterocycles. The lowest BCUT2D eigenvalue weighted by Crippen LogP contribution is -2.47. The van der Waals surface area contributed by atoms with Gasteiger partial charge in [0.25, 0.3) is 0 Å². The van der Waals surface area contributed by atoms with Crippen molar-refractivity contribution in [1.29, 1.82) is 0 Å². The number of hydrogen-bond donors (Lipinski definition) is 2. The van der Waals surface area contributed by atoms with E-state index in [2.05, 4.69) is 12.2 Å². The van der Waals surface area contributed by atoms with Crippen molar-refractivity contribution >= 4 is 11.7 Å². The molecule has 1 fully saturated rings. The summed E-state index contributed by atoms with van der Waals surface area (Å²) < 4.78 is 0. The van der Waals surface area contributed by atoms with E-state index in [0.29, 0.717) is 17.6 Å². The fourth-order valence-electron chi connectivity index (χ4n) is 3.89. The van der Waals surface area contributed by atoms with Crippen molar-refractivity contribution < 1.29 is 14.7 Å². The first-order chi connectivity index (χ1) is 12.8. The van der Waals surface area contributed by atoms with Gasteiger partial charge >= 0.3 is 0 Å². The summed E-state index contributed by atoms with van der Waals surface area (Å²) in [6.45, 7) is 13.3. The van der Waals surface area contributed by atoms with Crippen molar-refractivity contribution in [3.63, 3.8) is 0 Å². The Kier molecular flexibility index (Phi) is 18.1. The second kappa shape index (κ2) is 17.2. The molecule has 1 aliphatic rings. The molecular weight excluding hydrogens is 338 g/mol. The van der Waals surface area contributed by atoms with E-state index in [1.54, 1.807) is 6.92 Å². The first-order valence-corrected chi connectivity index (χ1v) is 11.2. The maximum absolute atomic E-state index is 11.5. The fourth-order valence-corrected chi connectivity index (χ4v) is 3.89. The van der Waals surface area contributed by atoms with Gasteiger partial charge in [-0.2, -0.15) is 0 Å². The number of ketones is 1. The van der Waals surface area contributed by atoms with Gasteiger partial charge in [-0.15, -0.1) is 0 Å². The Bertz CT molecular complexity index is 378. The second-order valence-electron chi connectivity index (χ2n) is 7.91. The molecular formula is C23H47NO3. The van der Waals surface area contributed by atoms with Crippen LogP contribution in [0.5, 0.6) is 0 Å². The standard InChI is InChI=1S/C13H24O.C8H17NO2.C2H6/c1-3-4-10-13(11(2)14)12-8-6-5-7-9-12;1-4-5-8(3,6-10)9-7(2)11;1-2/h12-13H,3-10H2,1-2H3;10H,4-6H2,1-3H3,(H,9,11);1-2H3. The van der Waals surface area contributed by atoms with Crippen molar-refractivity contribution in [1.82, 2.24) is 5.32 Å². The van der Waals surface area contributed by atoms with Crippen LogP contribution < -0.4 is 5.32 Å². The average Bonchev–Trinajstić information content (AvgIpc) is 2.64. The van der Waals surface area contributed by atoms with Crippen LogP contribution in [0.3, 0.4) is 0 Å². The molecule has 2 N–H and O–H groups in total. The number of unbranched alkanes of at least 4 members (excludes halogenated alkanes) is 1. The van der Waals surface area contributed by atoms with E-state index < -0.39 is 5.54 Å². The van der Waals surface area contributed by atoms with E-state index in [-0.39, 0.29) is 12.5 Å². The minimum Gasteiger partial charge on any atom is -0.394 e. The Hall–Kier alpha value is -0.900. The van der Waals surface area contributed by atoms with E-state index in [0.717, 1.165) is 19.3 Å². The number of rotatable bonds is 9. The zero-order chi connectivity index (χ0) is 21.3. The number of nitrogens with one attached hydrogen (secondary N) is 1. The third-order valence-corrected chi connectivity index (χ3v) is 5.24. The molecule has 1 saturated carbocycles. The van der Waals surface area contributed by atoms with Crippen molar-refractivity contribution in [2.75, 3.05) is 6.61 Å². The van der Waals surface area contributed by atoms with E-state index in [9.17, 15) is 9.59 Å².